The van der Waals surface area contributed by atoms with Gasteiger partial charge in [-0.3, -0.25) is 4.79 Å². The topological polar surface area (TPSA) is 75.7 Å². The van der Waals surface area contributed by atoms with E-state index in [4.69, 9.17) is 4.74 Å². The standard InChI is InChI=1S/C13H17FN2O4S/c1-2-21(18,19)15-7-12-8-16(13(17)9-20-12)11-5-3-10(14)4-6-11/h3-6,12,15H,2,7-9H2,1H3. The second-order valence-corrected chi connectivity index (χ2v) is 6.76. The van der Waals surface area contributed by atoms with Crippen LogP contribution in [0.1, 0.15) is 6.92 Å². The molecule has 1 unspecified atom stereocenters. The van der Waals surface area contributed by atoms with Gasteiger partial charge in [0.1, 0.15) is 12.4 Å². The van der Waals surface area contributed by atoms with Crippen LogP contribution in [0.5, 0.6) is 0 Å². The van der Waals surface area contributed by atoms with Crippen molar-refractivity contribution in [2.24, 2.45) is 0 Å². The highest BCUT2D eigenvalue weighted by atomic mass is 32.2. The quantitative estimate of drug-likeness (QED) is 0.858. The van der Waals surface area contributed by atoms with E-state index in [2.05, 4.69) is 4.72 Å². The lowest BCUT2D eigenvalue weighted by molar-refractivity contribution is -0.129. The summed E-state index contributed by atoms with van der Waals surface area (Å²) in [6, 6.07) is 5.55. The monoisotopic (exact) mass is 316 g/mol. The van der Waals surface area contributed by atoms with Crippen molar-refractivity contribution in [3.05, 3.63) is 30.1 Å². The molecular formula is C13H17FN2O4S. The molecule has 1 fully saturated rings. The van der Waals surface area contributed by atoms with Crippen LogP contribution in [-0.4, -0.2) is 45.9 Å². The van der Waals surface area contributed by atoms with Crippen molar-refractivity contribution in [2.75, 3.05) is 30.3 Å². The zero-order valence-corrected chi connectivity index (χ0v) is 12.4. The zero-order chi connectivity index (χ0) is 15.5. The van der Waals surface area contributed by atoms with Crippen molar-refractivity contribution in [3.8, 4) is 0 Å². The van der Waals surface area contributed by atoms with Crippen molar-refractivity contribution < 1.29 is 22.3 Å². The molecule has 1 N–H and O–H groups in total. The third-order valence-corrected chi connectivity index (χ3v) is 4.55. The van der Waals surface area contributed by atoms with Gasteiger partial charge in [0, 0.05) is 12.2 Å². The van der Waals surface area contributed by atoms with Crippen molar-refractivity contribution in [3.63, 3.8) is 0 Å². The summed E-state index contributed by atoms with van der Waals surface area (Å²) in [5.41, 5.74) is 0.563. The summed E-state index contributed by atoms with van der Waals surface area (Å²) in [7, 11) is -3.30. The first kappa shape index (κ1) is 15.9. The van der Waals surface area contributed by atoms with Gasteiger partial charge in [-0.15, -0.1) is 0 Å². The zero-order valence-electron chi connectivity index (χ0n) is 11.6. The number of hydrogen-bond acceptors (Lipinski definition) is 4. The Labute approximate surface area is 122 Å². The summed E-state index contributed by atoms with van der Waals surface area (Å²) in [6.45, 7) is 1.73. The first-order valence-corrected chi connectivity index (χ1v) is 8.21. The number of hydrogen-bond donors (Lipinski definition) is 1. The highest BCUT2D eigenvalue weighted by Gasteiger charge is 2.28. The number of amides is 1. The molecule has 1 aliphatic heterocycles. The van der Waals surface area contributed by atoms with Gasteiger partial charge >= 0.3 is 0 Å². The summed E-state index contributed by atoms with van der Waals surface area (Å²) in [5.74, 6) is -0.636. The lowest BCUT2D eigenvalue weighted by atomic mass is 10.2. The van der Waals surface area contributed by atoms with Gasteiger partial charge in [0.15, 0.2) is 0 Å². The molecule has 1 amide bonds. The fourth-order valence-corrected chi connectivity index (χ4v) is 2.59. The largest absolute Gasteiger partial charge is 0.365 e. The van der Waals surface area contributed by atoms with Crippen molar-refractivity contribution in [1.29, 1.82) is 0 Å². The summed E-state index contributed by atoms with van der Waals surface area (Å²) >= 11 is 0. The van der Waals surface area contributed by atoms with Gasteiger partial charge in [-0.05, 0) is 31.2 Å². The van der Waals surface area contributed by atoms with Gasteiger partial charge < -0.3 is 9.64 Å². The Bertz CT molecular complexity index is 603. The number of benzene rings is 1. The van der Waals surface area contributed by atoms with Crippen LogP contribution < -0.4 is 9.62 Å². The number of nitrogens with zero attached hydrogens (tertiary/aromatic N) is 1. The number of ether oxygens (including phenoxy) is 1. The molecule has 1 aromatic carbocycles. The molecule has 116 valence electrons. The molecule has 0 spiro atoms. The molecule has 21 heavy (non-hydrogen) atoms. The van der Waals surface area contributed by atoms with Crippen LogP contribution >= 0.6 is 0 Å². The van der Waals surface area contributed by atoms with E-state index >= 15 is 0 Å². The van der Waals surface area contributed by atoms with Crippen LogP contribution in [0.3, 0.4) is 0 Å². The Hall–Kier alpha value is -1.51. The predicted octanol–water partition coefficient (Wildman–Crippen LogP) is 0.497. The lowest BCUT2D eigenvalue weighted by Crippen LogP contribution is -2.50. The number of nitrogens with one attached hydrogen (secondary N) is 1. The van der Waals surface area contributed by atoms with Crippen LogP contribution in [0.15, 0.2) is 24.3 Å². The number of carbonyl (C=O) groups is 1. The summed E-state index contributed by atoms with van der Waals surface area (Å²) in [5, 5.41) is 0. The van der Waals surface area contributed by atoms with Crippen LogP contribution in [0.2, 0.25) is 0 Å². The Kier molecular flexibility index (Phi) is 4.92. The van der Waals surface area contributed by atoms with E-state index in [0.29, 0.717) is 5.69 Å². The second-order valence-electron chi connectivity index (χ2n) is 4.67. The van der Waals surface area contributed by atoms with Gasteiger partial charge in [0.05, 0.1) is 18.4 Å². The molecule has 6 nitrogen and oxygen atoms in total. The predicted molar refractivity (Wildman–Crippen MR) is 76.0 cm³/mol. The van der Waals surface area contributed by atoms with E-state index in [9.17, 15) is 17.6 Å². The van der Waals surface area contributed by atoms with Gasteiger partial charge in [-0.25, -0.2) is 17.5 Å². The van der Waals surface area contributed by atoms with Gasteiger partial charge in [-0.2, -0.15) is 0 Å². The van der Waals surface area contributed by atoms with Crippen LogP contribution in [0.25, 0.3) is 0 Å². The molecule has 0 aliphatic carbocycles. The third-order valence-electron chi connectivity index (χ3n) is 3.18. The number of rotatable bonds is 5. The average Bonchev–Trinajstić information content (AvgIpc) is 2.47. The molecule has 0 bridgehead atoms. The lowest BCUT2D eigenvalue weighted by Gasteiger charge is -2.32. The average molecular weight is 316 g/mol. The van der Waals surface area contributed by atoms with E-state index < -0.39 is 16.1 Å². The highest BCUT2D eigenvalue weighted by Crippen LogP contribution is 2.19. The molecule has 1 aromatic rings. The summed E-state index contributed by atoms with van der Waals surface area (Å²) in [4.78, 5) is 13.3. The van der Waals surface area contributed by atoms with Crippen LogP contribution in [0, 0.1) is 5.82 Å². The maximum Gasteiger partial charge on any atom is 0.253 e. The molecule has 8 heteroatoms. The van der Waals surface area contributed by atoms with Crippen molar-refractivity contribution in [1.82, 2.24) is 4.72 Å². The van der Waals surface area contributed by atoms with Crippen molar-refractivity contribution in [2.45, 2.75) is 13.0 Å². The molecule has 0 aromatic heterocycles. The van der Waals surface area contributed by atoms with Gasteiger partial charge in [0.25, 0.3) is 5.91 Å². The molecule has 1 atom stereocenters. The summed E-state index contributed by atoms with van der Waals surface area (Å²) in [6.07, 6.45) is -0.436. The first-order valence-electron chi connectivity index (χ1n) is 6.56. The maximum atomic E-state index is 12.9. The van der Waals surface area contributed by atoms with Crippen molar-refractivity contribution >= 4 is 21.6 Å². The van der Waals surface area contributed by atoms with E-state index in [0.717, 1.165) is 0 Å². The molecule has 2 rings (SSSR count). The molecule has 0 radical (unpaired) electrons. The number of anilines is 1. The number of halogens is 1. The molecule has 0 saturated carbocycles. The number of sulfonamides is 1. The van der Waals surface area contributed by atoms with E-state index in [1.807, 2.05) is 0 Å². The molecule has 1 aliphatic rings. The van der Waals surface area contributed by atoms with Crippen LogP contribution in [0.4, 0.5) is 10.1 Å². The van der Waals surface area contributed by atoms with Crippen LogP contribution in [-0.2, 0) is 19.6 Å². The minimum atomic E-state index is -3.30. The number of morpholine rings is 1. The van der Waals surface area contributed by atoms with Gasteiger partial charge in [-0.1, -0.05) is 0 Å². The fraction of sp³-hybridized carbons (Fsp3) is 0.462. The normalized spacial score (nSPS) is 19.8. The molecular weight excluding hydrogens is 299 g/mol. The SMILES string of the molecule is CCS(=O)(=O)NCC1CN(c2ccc(F)cc2)C(=O)CO1. The Morgan fingerprint density at radius 1 is 1.38 bits per heavy atom. The molecule has 1 heterocycles. The minimum absolute atomic E-state index is 0.0136. The smallest absolute Gasteiger partial charge is 0.253 e. The Morgan fingerprint density at radius 2 is 2.05 bits per heavy atom. The van der Waals surface area contributed by atoms with E-state index in [-0.39, 0.29) is 37.2 Å². The summed E-state index contributed by atoms with van der Waals surface area (Å²) < 4.78 is 43.5. The second kappa shape index (κ2) is 6.50. The van der Waals surface area contributed by atoms with Gasteiger partial charge in [0.2, 0.25) is 10.0 Å². The third kappa shape index (κ3) is 4.23. The first-order chi connectivity index (χ1) is 9.91. The van der Waals surface area contributed by atoms with E-state index in [1.54, 1.807) is 6.92 Å². The molecule has 1 saturated heterocycles. The van der Waals surface area contributed by atoms with E-state index in [1.165, 1.54) is 29.2 Å². The minimum Gasteiger partial charge on any atom is -0.365 e. The maximum absolute atomic E-state index is 12.9. The fourth-order valence-electron chi connectivity index (χ4n) is 1.94. The number of carbonyl (C=O) groups excluding carboxylic acids is 1. The Morgan fingerprint density at radius 3 is 2.67 bits per heavy atom. The highest BCUT2D eigenvalue weighted by molar-refractivity contribution is 7.89. The Balaban J connectivity index is 2.02.